The van der Waals surface area contributed by atoms with Gasteiger partial charge in [0.1, 0.15) is 5.78 Å². The number of hydrogen-bond acceptors (Lipinski definition) is 2. The molecule has 0 aromatic heterocycles. The second-order valence-corrected chi connectivity index (χ2v) is 6.20. The molecule has 0 radical (unpaired) electrons. The molecule has 1 saturated carbocycles. The highest BCUT2D eigenvalue weighted by Gasteiger charge is 2.47. The van der Waals surface area contributed by atoms with Crippen molar-refractivity contribution in [2.75, 3.05) is 6.54 Å². The Bertz CT molecular complexity index is 309. The highest BCUT2D eigenvalue weighted by molar-refractivity contribution is 5.85. The minimum atomic E-state index is -0.000358. The SMILES string of the molecule is CC.CCCC(=O)CCCCCCCNC(=O)C1(CC)CC1. The lowest BCUT2D eigenvalue weighted by atomic mass is 10.0. The Morgan fingerprint density at radius 2 is 1.50 bits per heavy atom. The third kappa shape index (κ3) is 8.55. The van der Waals surface area contributed by atoms with Crippen LogP contribution in [0.5, 0.6) is 0 Å². The van der Waals surface area contributed by atoms with Gasteiger partial charge >= 0.3 is 0 Å². The molecule has 1 aliphatic carbocycles. The molecular formula is C19H37NO2. The van der Waals surface area contributed by atoms with Gasteiger partial charge in [0, 0.05) is 24.8 Å². The van der Waals surface area contributed by atoms with Crippen molar-refractivity contribution in [3.05, 3.63) is 0 Å². The molecule has 130 valence electrons. The number of rotatable bonds is 12. The topological polar surface area (TPSA) is 46.2 Å². The number of carbonyl (C=O) groups excluding carboxylic acids is 2. The van der Waals surface area contributed by atoms with Gasteiger partial charge in [-0.2, -0.15) is 0 Å². The third-order valence-corrected chi connectivity index (χ3v) is 4.46. The summed E-state index contributed by atoms with van der Waals surface area (Å²) in [5.74, 6) is 0.680. The molecule has 1 aliphatic rings. The van der Waals surface area contributed by atoms with Crippen molar-refractivity contribution in [1.29, 1.82) is 0 Å². The second kappa shape index (κ2) is 12.7. The summed E-state index contributed by atoms with van der Waals surface area (Å²) >= 11 is 0. The number of Topliss-reactive ketones (excluding diaryl/α,β-unsaturated/α-hetero) is 1. The van der Waals surface area contributed by atoms with Crippen molar-refractivity contribution in [2.24, 2.45) is 5.41 Å². The van der Waals surface area contributed by atoms with Crippen LogP contribution >= 0.6 is 0 Å². The van der Waals surface area contributed by atoms with Crippen LogP contribution in [0.1, 0.15) is 98.3 Å². The Labute approximate surface area is 137 Å². The quantitative estimate of drug-likeness (QED) is 0.514. The molecule has 0 aromatic rings. The van der Waals surface area contributed by atoms with E-state index in [0.29, 0.717) is 5.78 Å². The zero-order valence-corrected chi connectivity index (χ0v) is 15.3. The summed E-state index contributed by atoms with van der Waals surface area (Å²) < 4.78 is 0. The Hall–Kier alpha value is -0.860. The lowest BCUT2D eigenvalue weighted by molar-refractivity contribution is -0.126. The summed E-state index contributed by atoms with van der Waals surface area (Å²) in [7, 11) is 0. The first-order valence-corrected chi connectivity index (χ1v) is 9.44. The molecule has 1 fully saturated rings. The minimum Gasteiger partial charge on any atom is -0.356 e. The molecular weight excluding hydrogens is 274 g/mol. The fourth-order valence-corrected chi connectivity index (χ4v) is 2.66. The van der Waals surface area contributed by atoms with Gasteiger partial charge in [-0.1, -0.05) is 47.0 Å². The van der Waals surface area contributed by atoms with E-state index in [0.717, 1.165) is 70.8 Å². The molecule has 0 atom stereocenters. The minimum absolute atomic E-state index is 0.000358. The maximum atomic E-state index is 11.9. The number of amides is 1. The lowest BCUT2D eigenvalue weighted by Gasteiger charge is -2.12. The maximum Gasteiger partial charge on any atom is 0.226 e. The lowest BCUT2D eigenvalue weighted by Crippen LogP contribution is -2.32. The van der Waals surface area contributed by atoms with Crippen molar-refractivity contribution in [1.82, 2.24) is 5.32 Å². The Morgan fingerprint density at radius 1 is 0.909 bits per heavy atom. The van der Waals surface area contributed by atoms with Crippen LogP contribution < -0.4 is 5.32 Å². The fraction of sp³-hybridized carbons (Fsp3) is 0.895. The highest BCUT2D eigenvalue weighted by Crippen LogP contribution is 2.48. The van der Waals surface area contributed by atoms with Gasteiger partial charge in [-0.15, -0.1) is 0 Å². The largest absolute Gasteiger partial charge is 0.356 e. The molecule has 1 N–H and O–H groups in total. The second-order valence-electron chi connectivity index (χ2n) is 6.20. The normalized spacial score (nSPS) is 14.7. The molecule has 0 unspecified atom stereocenters. The number of nitrogens with one attached hydrogen (secondary N) is 1. The van der Waals surface area contributed by atoms with Crippen molar-refractivity contribution in [3.63, 3.8) is 0 Å². The van der Waals surface area contributed by atoms with Crippen LogP contribution in [0.4, 0.5) is 0 Å². The van der Waals surface area contributed by atoms with E-state index in [1.807, 2.05) is 13.8 Å². The van der Waals surface area contributed by atoms with Gasteiger partial charge in [-0.25, -0.2) is 0 Å². The van der Waals surface area contributed by atoms with E-state index in [-0.39, 0.29) is 11.3 Å². The van der Waals surface area contributed by atoms with Crippen LogP contribution in [0, 0.1) is 5.41 Å². The molecule has 0 aromatic carbocycles. The number of unbranched alkanes of at least 4 members (excludes halogenated alkanes) is 4. The molecule has 0 aliphatic heterocycles. The van der Waals surface area contributed by atoms with Gasteiger partial charge in [-0.3, -0.25) is 9.59 Å². The van der Waals surface area contributed by atoms with Crippen LogP contribution in [-0.2, 0) is 9.59 Å². The molecule has 0 bridgehead atoms. The predicted octanol–water partition coefficient (Wildman–Crippen LogP) is 5.03. The van der Waals surface area contributed by atoms with E-state index in [4.69, 9.17) is 0 Å². The van der Waals surface area contributed by atoms with Crippen LogP contribution in [0.2, 0.25) is 0 Å². The van der Waals surface area contributed by atoms with E-state index >= 15 is 0 Å². The van der Waals surface area contributed by atoms with Crippen molar-refractivity contribution in [3.8, 4) is 0 Å². The Balaban J connectivity index is 0.00000211. The Kier molecular flexibility index (Phi) is 12.2. The van der Waals surface area contributed by atoms with Crippen molar-refractivity contribution >= 4 is 11.7 Å². The summed E-state index contributed by atoms with van der Waals surface area (Å²) in [6.07, 6.45) is 11.1. The summed E-state index contributed by atoms with van der Waals surface area (Å²) in [5, 5.41) is 3.07. The maximum absolute atomic E-state index is 11.9. The smallest absolute Gasteiger partial charge is 0.226 e. The summed E-state index contributed by atoms with van der Waals surface area (Å²) in [4.78, 5) is 23.2. The van der Waals surface area contributed by atoms with E-state index in [2.05, 4.69) is 19.2 Å². The zero-order chi connectivity index (χ0) is 16.8. The monoisotopic (exact) mass is 311 g/mol. The van der Waals surface area contributed by atoms with E-state index in [9.17, 15) is 9.59 Å². The predicted molar refractivity (Wildman–Crippen MR) is 93.9 cm³/mol. The van der Waals surface area contributed by atoms with Gasteiger partial charge < -0.3 is 5.32 Å². The van der Waals surface area contributed by atoms with Gasteiger partial charge in [0.15, 0.2) is 0 Å². The van der Waals surface area contributed by atoms with Gasteiger partial charge in [-0.05, 0) is 38.5 Å². The van der Waals surface area contributed by atoms with Crippen molar-refractivity contribution < 1.29 is 9.59 Å². The molecule has 0 saturated heterocycles. The third-order valence-electron chi connectivity index (χ3n) is 4.46. The number of ketones is 1. The molecule has 1 rings (SSSR count). The number of carbonyl (C=O) groups is 2. The van der Waals surface area contributed by atoms with Crippen LogP contribution in [0.25, 0.3) is 0 Å². The fourth-order valence-electron chi connectivity index (χ4n) is 2.66. The standard InChI is InChI=1S/C17H31NO2.C2H6/c1-3-10-15(19)11-8-6-5-7-9-14-18-16(20)17(4-2)12-13-17;1-2/h3-14H2,1-2H3,(H,18,20);1-2H3. The average Bonchev–Trinajstić information content (AvgIpc) is 3.33. The van der Waals surface area contributed by atoms with Crippen LogP contribution in [0.3, 0.4) is 0 Å². The van der Waals surface area contributed by atoms with Crippen molar-refractivity contribution in [2.45, 2.75) is 98.3 Å². The van der Waals surface area contributed by atoms with Gasteiger partial charge in [0.25, 0.3) is 0 Å². The molecule has 1 amide bonds. The first kappa shape index (κ1) is 21.1. The summed E-state index contributed by atoms with van der Waals surface area (Å²) in [6.45, 7) is 8.97. The average molecular weight is 312 g/mol. The highest BCUT2D eigenvalue weighted by atomic mass is 16.2. The molecule has 0 heterocycles. The molecule has 0 spiro atoms. The zero-order valence-electron chi connectivity index (χ0n) is 15.3. The molecule has 3 heteroatoms. The molecule has 22 heavy (non-hydrogen) atoms. The summed E-state index contributed by atoms with van der Waals surface area (Å²) in [6, 6.07) is 0. The van der Waals surface area contributed by atoms with Gasteiger partial charge in [0.2, 0.25) is 5.91 Å². The van der Waals surface area contributed by atoms with Gasteiger partial charge in [0.05, 0.1) is 0 Å². The number of hydrogen-bond donors (Lipinski definition) is 1. The van der Waals surface area contributed by atoms with Crippen LogP contribution in [0.15, 0.2) is 0 Å². The molecule has 3 nitrogen and oxygen atoms in total. The van der Waals surface area contributed by atoms with E-state index < -0.39 is 0 Å². The Morgan fingerprint density at radius 3 is 2.05 bits per heavy atom. The van der Waals surface area contributed by atoms with Crippen LogP contribution in [-0.4, -0.2) is 18.2 Å². The van der Waals surface area contributed by atoms with E-state index in [1.165, 1.54) is 6.42 Å². The summed E-state index contributed by atoms with van der Waals surface area (Å²) in [5.41, 5.74) is -0.000358. The van der Waals surface area contributed by atoms with E-state index in [1.54, 1.807) is 0 Å². The first-order chi connectivity index (χ1) is 10.6. The first-order valence-electron chi connectivity index (χ1n) is 9.44.